The molecule has 1 aromatic carbocycles. The fourth-order valence-electron chi connectivity index (χ4n) is 3.06. The molecule has 1 saturated heterocycles. The summed E-state index contributed by atoms with van der Waals surface area (Å²) < 4.78 is 0. The molecule has 0 radical (unpaired) electrons. The highest BCUT2D eigenvalue weighted by Crippen LogP contribution is 2.25. The van der Waals surface area contributed by atoms with Crippen LogP contribution in [-0.2, 0) is 6.42 Å². The molecule has 1 aliphatic heterocycles. The van der Waals surface area contributed by atoms with Gasteiger partial charge in [-0.15, -0.1) is 0 Å². The predicted octanol–water partition coefficient (Wildman–Crippen LogP) is 2.59. The van der Waals surface area contributed by atoms with Gasteiger partial charge in [0.25, 0.3) is 5.91 Å². The molecule has 1 aliphatic rings. The summed E-state index contributed by atoms with van der Waals surface area (Å²) in [6.45, 7) is 4.78. The highest BCUT2D eigenvalue weighted by molar-refractivity contribution is 5.96. The van der Waals surface area contributed by atoms with Crippen molar-refractivity contribution in [1.82, 2.24) is 4.90 Å². The summed E-state index contributed by atoms with van der Waals surface area (Å²) in [5, 5.41) is 0. The summed E-state index contributed by atoms with van der Waals surface area (Å²) in [4.78, 5) is 14.8. The van der Waals surface area contributed by atoms with E-state index in [1.54, 1.807) is 0 Å². The van der Waals surface area contributed by atoms with Crippen LogP contribution in [0.15, 0.2) is 24.3 Å². The minimum Gasteiger partial charge on any atom is -0.332 e. The highest BCUT2D eigenvalue weighted by atomic mass is 16.2. The Morgan fingerprint density at radius 3 is 2.79 bits per heavy atom. The number of likely N-dealkylation sites (tertiary alicyclic amines) is 1. The summed E-state index contributed by atoms with van der Waals surface area (Å²) in [5.41, 5.74) is 7.82. The van der Waals surface area contributed by atoms with Gasteiger partial charge >= 0.3 is 0 Å². The number of hydrogen-bond acceptors (Lipinski definition) is 2. The standard InChI is InChI=1S/C16H24N2O/c1-3-13-8-4-5-10-15(13)16(19)18-12(2)7-6-9-14(18)11-17/h4-5,8,10,12,14H,3,6-7,9,11,17H2,1-2H3. The van der Waals surface area contributed by atoms with Gasteiger partial charge < -0.3 is 10.6 Å². The molecule has 1 aromatic rings. The second-order valence-corrected chi connectivity index (χ2v) is 5.39. The van der Waals surface area contributed by atoms with E-state index in [4.69, 9.17) is 5.73 Å². The lowest BCUT2D eigenvalue weighted by atomic mass is 9.94. The monoisotopic (exact) mass is 260 g/mol. The molecule has 0 aliphatic carbocycles. The molecule has 2 atom stereocenters. The normalized spacial score (nSPS) is 23.4. The third-order valence-electron chi connectivity index (χ3n) is 4.16. The number of carbonyl (C=O) groups excluding carboxylic acids is 1. The number of hydrogen-bond donors (Lipinski definition) is 1. The van der Waals surface area contributed by atoms with Crippen LogP contribution in [0.5, 0.6) is 0 Å². The number of rotatable bonds is 3. The van der Waals surface area contributed by atoms with Crippen molar-refractivity contribution in [3.63, 3.8) is 0 Å². The van der Waals surface area contributed by atoms with Gasteiger partial charge in [-0.1, -0.05) is 25.1 Å². The van der Waals surface area contributed by atoms with Gasteiger partial charge in [0, 0.05) is 24.2 Å². The van der Waals surface area contributed by atoms with Crippen LogP contribution in [0.2, 0.25) is 0 Å². The average Bonchev–Trinajstić information content (AvgIpc) is 2.46. The second-order valence-electron chi connectivity index (χ2n) is 5.39. The Bertz CT molecular complexity index is 444. The molecule has 3 nitrogen and oxygen atoms in total. The van der Waals surface area contributed by atoms with Crippen LogP contribution in [0.1, 0.15) is 49.0 Å². The Morgan fingerprint density at radius 2 is 2.11 bits per heavy atom. The van der Waals surface area contributed by atoms with Crippen LogP contribution in [0, 0.1) is 0 Å². The predicted molar refractivity (Wildman–Crippen MR) is 78.1 cm³/mol. The fourth-order valence-corrected chi connectivity index (χ4v) is 3.06. The second kappa shape index (κ2) is 6.20. The first-order valence-electron chi connectivity index (χ1n) is 7.29. The Labute approximate surface area is 115 Å². The molecule has 1 amide bonds. The summed E-state index contributed by atoms with van der Waals surface area (Å²) in [7, 11) is 0. The molecule has 1 fully saturated rings. The van der Waals surface area contributed by atoms with Gasteiger partial charge in [-0.25, -0.2) is 0 Å². The average molecular weight is 260 g/mol. The van der Waals surface area contributed by atoms with Gasteiger partial charge in [-0.05, 0) is 44.2 Å². The molecule has 0 aromatic heterocycles. The summed E-state index contributed by atoms with van der Waals surface area (Å²) >= 11 is 0. The van der Waals surface area contributed by atoms with E-state index < -0.39 is 0 Å². The third-order valence-corrected chi connectivity index (χ3v) is 4.16. The number of aryl methyl sites for hydroxylation is 1. The highest BCUT2D eigenvalue weighted by Gasteiger charge is 2.32. The molecule has 3 heteroatoms. The van der Waals surface area contributed by atoms with E-state index in [-0.39, 0.29) is 11.9 Å². The SMILES string of the molecule is CCc1ccccc1C(=O)N1C(C)CCCC1CN. The van der Waals surface area contributed by atoms with Gasteiger partial charge in [0.1, 0.15) is 0 Å². The Kier molecular flexibility index (Phi) is 4.59. The fraction of sp³-hybridized carbons (Fsp3) is 0.562. The molecule has 2 unspecified atom stereocenters. The van der Waals surface area contributed by atoms with E-state index in [1.807, 2.05) is 29.2 Å². The van der Waals surface area contributed by atoms with Crippen molar-refractivity contribution >= 4 is 5.91 Å². The Morgan fingerprint density at radius 1 is 1.37 bits per heavy atom. The van der Waals surface area contributed by atoms with Gasteiger partial charge in [-0.2, -0.15) is 0 Å². The van der Waals surface area contributed by atoms with E-state index in [0.29, 0.717) is 12.6 Å². The lowest BCUT2D eigenvalue weighted by molar-refractivity contribution is 0.0493. The van der Waals surface area contributed by atoms with Crippen molar-refractivity contribution in [2.45, 2.75) is 51.6 Å². The van der Waals surface area contributed by atoms with Gasteiger partial charge in [-0.3, -0.25) is 4.79 Å². The van der Waals surface area contributed by atoms with Crippen molar-refractivity contribution in [3.05, 3.63) is 35.4 Å². The van der Waals surface area contributed by atoms with Gasteiger partial charge in [0.05, 0.1) is 0 Å². The molecule has 2 N–H and O–H groups in total. The molecule has 104 valence electrons. The van der Waals surface area contributed by atoms with E-state index in [1.165, 1.54) is 6.42 Å². The number of benzene rings is 1. The van der Waals surface area contributed by atoms with Crippen molar-refractivity contribution in [3.8, 4) is 0 Å². The van der Waals surface area contributed by atoms with Crippen LogP contribution < -0.4 is 5.73 Å². The Balaban J connectivity index is 2.30. The first-order valence-corrected chi connectivity index (χ1v) is 7.29. The quantitative estimate of drug-likeness (QED) is 0.908. The van der Waals surface area contributed by atoms with Crippen LogP contribution in [0.3, 0.4) is 0 Å². The number of nitrogens with two attached hydrogens (primary N) is 1. The molecular formula is C16H24N2O. The molecule has 0 saturated carbocycles. The van der Waals surface area contributed by atoms with Gasteiger partial charge in [0.15, 0.2) is 0 Å². The first-order chi connectivity index (χ1) is 9.19. The molecule has 0 bridgehead atoms. The first kappa shape index (κ1) is 14.1. The van der Waals surface area contributed by atoms with Crippen LogP contribution >= 0.6 is 0 Å². The molecule has 19 heavy (non-hydrogen) atoms. The minimum atomic E-state index is 0.153. The van der Waals surface area contributed by atoms with E-state index >= 15 is 0 Å². The number of amides is 1. The zero-order chi connectivity index (χ0) is 13.8. The number of nitrogens with zero attached hydrogens (tertiary/aromatic N) is 1. The molecule has 0 spiro atoms. The Hall–Kier alpha value is -1.35. The van der Waals surface area contributed by atoms with Crippen LogP contribution in [0.25, 0.3) is 0 Å². The molecule has 1 heterocycles. The molecule has 2 rings (SSSR count). The maximum atomic E-state index is 12.8. The summed E-state index contributed by atoms with van der Waals surface area (Å²) in [6, 6.07) is 8.41. The zero-order valence-electron chi connectivity index (χ0n) is 11.9. The smallest absolute Gasteiger partial charge is 0.254 e. The van der Waals surface area contributed by atoms with Crippen LogP contribution in [0.4, 0.5) is 0 Å². The van der Waals surface area contributed by atoms with Crippen molar-refractivity contribution in [2.24, 2.45) is 5.73 Å². The third kappa shape index (κ3) is 2.81. The minimum absolute atomic E-state index is 0.153. The van der Waals surface area contributed by atoms with Crippen molar-refractivity contribution < 1.29 is 4.79 Å². The van der Waals surface area contributed by atoms with Crippen LogP contribution in [-0.4, -0.2) is 29.4 Å². The van der Waals surface area contributed by atoms with Crippen molar-refractivity contribution in [1.29, 1.82) is 0 Å². The van der Waals surface area contributed by atoms with Gasteiger partial charge in [0.2, 0.25) is 0 Å². The maximum absolute atomic E-state index is 12.8. The van der Waals surface area contributed by atoms with E-state index in [0.717, 1.165) is 30.4 Å². The maximum Gasteiger partial charge on any atom is 0.254 e. The summed E-state index contributed by atoms with van der Waals surface area (Å²) in [6.07, 6.45) is 4.16. The number of piperidine rings is 1. The largest absolute Gasteiger partial charge is 0.332 e. The number of carbonyl (C=O) groups is 1. The zero-order valence-corrected chi connectivity index (χ0v) is 11.9. The van der Waals surface area contributed by atoms with Crippen molar-refractivity contribution in [2.75, 3.05) is 6.54 Å². The lowest BCUT2D eigenvalue weighted by Gasteiger charge is -2.40. The summed E-state index contributed by atoms with van der Waals surface area (Å²) in [5.74, 6) is 0.153. The topological polar surface area (TPSA) is 46.3 Å². The lowest BCUT2D eigenvalue weighted by Crippen LogP contribution is -2.52. The molecular weight excluding hydrogens is 236 g/mol. The van der Waals surface area contributed by atoms with E-state index in [9.17, 15) is 4.79 Å². The van der Waals surface area contributed by atoms with E-state index in [2.05, 4.69) is 13.8 Å².